The molecule has 1 aliphatic carbocycles. The predicted molar refractivity (Wildman–Crippen MR) is 55.8 cm³/mol. The van der Waals surface area contributed by atoms with E-state index in [2.05, 4.69) is 10.3 Å². The normalized spacial score (nSPS) is 18.8. The second-order valence-corrected chi connectivity index (χ2v) is 2.82. The summed E-state index contributed by atoms with van der Waals surface area (Å²) in [7, 11) is 0. The lowest BCUT2D eigenvalue weighted by molar-refractivity contribution is 0.137. The van der Waals surface area contributed by atoms with Gasteiger partial charge in [-0.25, -0.2) is 0 Å². The van der Waals surface area contributed by atoms with E-state index in [1.807, 2.05) is 13.8 Å². The van der Waals surface area contributed by atoms with Crippen LogP contribution in [0.15, 0.2) is 12.0 Å². The molecule has 13 heavy (non-hydrogen) atoms. The molecule has 3 N–H and O–H groups in total. The molecule has 0 atom stereocenters. The molecule has 2 aliphatic rings. The molecule has 0 aromatic carbocycles. The highest BCUT2D eigenvalue weighted by atomic mass is 16.7. The van der Waals surface area contributed by atoms with Gasteiger partial charge in [-0.1, -0.05) is 46.0 Å². The van der Waals surface area contributed by atoms with Gasteiger partial charge in [0, 0.05) is 0 Å². The summed E-state index contributed by atoms with van der Waals surface area (Å²) in [5.41, 5.74) is 7.67. The zero-order valence-electron chi connectivity index (χ0n) is 8.81. The lowest BCUT2D eigenvalue weighted by Gasteiger charge is -1.90. The van der Waals surface area contributed by atoms with E-state index in [1.54, 1.807) is 6.08 Å². The van der Waals surface area contributed by atoms with Crippen molar-refractivity contribution in [3.05, 3.63) is 12.0 Å². The van der Waals surface area contributed by atoms with Crippen molar-refractivity contribution < 1.29 is 4.84 Å². The van der Waals surface area contributed by atoms with Crippen LogP contribution in [0, 0.1) is 0 Å². The van der Waals surface area contributed by atoms with Crippen LogP contribution < -0.4 is 11.2 Å². The van der Waals surface area contributed by atoms with E-state index in [0.29, 0.717) is 5.88 Å². The monoisotopic (exact) mass is 186 g/mol. The van der Waals surface area contributed by atoms with Gasteiger partial charge in [0.1, 0.15) is 0 Å². The van der Waals surface area contributed by atoms with Crippen LogP contribution >= 0.6 is 0 Å². The molecule has 0 unspecified atom stereocenters. The molecule has 78 valence electrons. The van der Waals surface area contributed by atoms with Crippen molar-refractivity contribution in [1.82, 2.24) is 5.48 Å². The highest BCUT2D eigenvalue weighted by molar-refractivity contribution is 4.91. The number of hydrogen-bond acceptors (Lipinski definition) is 3. The number of rotatable bonds is 0. The Balaban J connectivity index is 0.000000189. The van der Waals surface area contributed by atoms with Crippen molar-refractivity contribution in [1.29, 1.82) is 0 Å². The molecule has 0 saturated heterocycles. The Morgan fingerprint density at radius 3 is 1.77 bits per heavy atom. The smallest absolute Gasteiger partial charge is 0.206 e. The molecule has 0 aromatic rings. The molecule has 3 heteroatoms. The highest BCUT2D eigenvalue weighted by Gasteiger charge is 1.95. The zero-order chi connectivity index (χ0) is 9.94. The van der Waals surface area contributed by atoms with Gasteiger partial charge in [0.05, 0.1) is 6.54 Å². The van der Waals surface area contributed by atoms with Gasteiger partial charge in [0.25, 0.3) is 0 Å². The van der Waals surface area contributed by atoms with E-state index in [-0.39, 0.29) is 0 Å². The van der Waals surface area contributed by atoms with E-state index >= 15 is 0 Å². The summed E-state index contributed by atoms with van der Waals surface area (Å²) < 4.78 is 0. The van der Waals surface area contributed by atoms with Crippen LogP contribution in [0.3, 0.4) is 0 Å². The topological polar surface area (TPSA) is 47.3 Å². The molecule has 0 amide bonds. The molecular weight excluding hydrogens is 164 g/mol. The van der Waals surface area contributed by atoms with Crippen molar-refractivity contribution in [2.75, 3.05) is 6.54 Å². The van der Waals surface area contributed by atoms with Gasteiger partial charge in [-0.3, -0.25) is 0 Å². The summed E-state index contributed by atoms with van der Waals surface area (Å²) in [6, 6.07) is 0. The highest BCUT2D eigenvalue weighted by Crippen LogP contribution is 2.15. The second-order valence-electron chi connectivity index (χ2n) is 2.82. The maximum Gasteiger partial charge on any atom is 0.206 e. The van der Waals surface area contributed by atoms with Gasteiger partial charge in [-0.15, -0.1) is 0 Å². The van der Waals surface area contributed by atoms with Crippen molar-refractivity contribution in [2.45, 2.75) is 46.0 Å². The first-order valence-corrected chi connectivity index (χ1v) is 5.25. The first-order chi connectivity index (χ1) is 6.39. The molecule has 1 fully saturated rings. The third-order valence-corrected chi connectivity index (χ3v) is 1.83. The fraction of sp³-hybridized carbons (Fsp3) is 0.800. The van der Waals surface area contributed by atoms with Gasteiger partial charge < -0.3 is 10.6 Å². The van der Waals surface area contributed by atoms with Gasteiger partial charge in [0.2, 0.25) is 5.88 Å². The average Bonchev–Trinajstić information content (AvgIpc) is 2.81. The van der Waals surface area contributed by atoms with Crippen LogP contribution in [0.2, 0.25) is 0 Å². The number of nitrogens with two attached hydrogens (primary N) is 1. The summed E-state index contributed by atoms with van der Waals surface area (Å²) >= 11 is 0. The van der Waals surface area contributed by atoms with Gasteiger partial charge >= 0.3 is 0 Å². The minimum atomic E-state index is 0.468. The average molecular weight is 186 g/mol. The summed E-state index contributed by atoms with van der Waals surface area (Å²) in [6.07, 6.45) is 9.26. The summed E-state index contributed by atoms with van der Waals surface area (Å²) in [5.74, 6) is 0.468. The van der Waals surface area contributed by atoms with Gasteiger partial charge in [-0.2, -0.15) is 5.48 Å². The Kier molecular flexibility index (Phi) is 8.88. The number of hydrogen-bond donors (Lipinski definition) is 2. The summed E-state index contributed by atoms with van der Waals surface area (Å²) in [6.45, 7) is 4.73. The van der Waals surface area contributed by atoms with E-state index in [1.165, 1.54) is 32.1 Å². The van der Waals surface area contributed by atoms with Crippen LogP contribution in [0.25, 0.3) is 0 Å². The molecule has 1 aliphatic heterocycles. The molecule has 1 heterocycles. The maximum absolute atomic E-state index is 5.11. The molecule has 1 saturated carbocycles. The van der Waals surface area contributed by atoms with E-state index in [4.69, 9.17) is 5.73 Å². The van der Waals surface area contributed by atoms with E-state index in [9.17, 15) is 0 Å². The fourth-order valence-electron chi connectivity index (χ4n) is 1.19. The Morgan fingerprint density at radius 1 is 1.15 bits per heavy atom. The van der Waals surface area contributed by atoms with Crippen molar-refractivity contribution in [3.8, 4) is 0 Å². The Bertz CT molecular complexity index is 123. The fourth-order valence-corrected chi connectivity index (χ4v) is 1.19. The molecule has 0 spiro atoms. The quantitative estimate of drug-likeness (QED) is 0.610. The molecule has 2 rings (SSSR count). The zero-order valence-corrected chi connectivity index (χ0v) is 8.81. The molecule has 0 aromatic heterocycles. The van der Waals surface area contributed by atoms with Crippen LogP contribution in [0.1, 0.15) is 46.0 Å². The minimum Gasteiger partial charge on any atom is -0.391 e. The molecular formula is C10H22N2O. The molecule has 3 nitrogen and oxygen atoms in total. The Labute approximate surface area is 81.3 Å². The lowest BCUT2D eigenvalue weighted by Crippen LogP contribution is -2.07. The number of hydroxylamine groups is 1. The predicted octanol–water partition coefficient (Wildman–Crippen LogP) is 2.30. The minimum absolute atomic E-state index is 0.468. The number of nitrogens with one attached hydrogen (secondary N) is 1. The van der Waals surface area contributed by atoms with Gasteiger partial charge in [-0.05, 0) is 6.08 Å². The van der Waals surface area contributed by atoms with Crippen LogP contribution in [0.4, 0.5) is 0 Å². The molecule has 0 bridgehead atoms. The van der Waals surface area contributed by atoms with Crippen LogP contribution in [-0.4, -0.2) is 6.54 Å². The standard InChI is InChI=1S/C5H10.C3H6N2O.C2H6/c1-2-4-5-3-1;4-3-1-2-5-6-3;1-2/h1-5H2;1,5H,2,4H2;1-2H3. The Morgan fingerprint density at radius 2 is 1.62 bits per heavy atom. The van der Waals surface area contributed by atoms with Crippen molar-refractivity contribution in [3.63, 3.8) is 0 Å². The van der Waals surface area contributed by atoms with E-state index in [0.717, 1.165) is 6.54 Å². The third kappa shape index (κ3) is 7.65. The van der Waals surface area contributed by atoms with Crippen molar-refractivity contribution >= 4 is 0 Å². The SMILES string of the molecule is C1CCCC1.CC.NC1=CCNO1. The maximum atomic E-state index is 5.11. The van der Waals surface area contributed by atoms with Gasteiger partial charge in [0.15, 0.2) is 0 Å². The van der Waals surface area contributed by atoms with E-state index < -0.39 is 0 Å². The lowest BCUT2D eigenvalue weighted by atomic mass is 10.4. The van der Waals surface area contributed by atoms with Crippen LogP contribution in [-0.2, 0) is 4.84 Å². The Hall–Kier alpha value is -0.700. The largest absolute Gasteiger partial charge is 0.391 e. The first kappa shape index (κ1) is 12.3. The first-order valence-electron chi connectivity index (χ1n) is 5.25. The second kappa shape index (κ2) is 9.39. The third-order valence-electron chi connectivity index (χ3n) is 1.83. The van der Waals surface area contributed by atoms with Crippen molar-refractivity contribution in [2.24, 2.45) is 5.73 Å². The summed E-state index contributed by atoms with van der Waals surface area (Å²) in [5, 5.41) is 0. The summed E-state index contributed by atoms with van der Waals surface area (Å²) in [4.78, 5) is 4.54. The molecule has 0 radical (unpaired) electrons. The van der Waals surface area contributed by atoms with Crippen LogP contribution in [0.5, 0.6) is 0 Å².